The van der Waals surface area contributed by atoms with Gasteiger partial charge in [-0.05, 0) is 74.4 Å². The van der Waals surface area contributed by atoms with E-state index in [9.17, 15) is 8.42 Å². The lowest BCUT2D eigenvalue weighted by Crippen LogP contribution is -2.50. The summed E-state index contributed by atoms with van der Waals surface area (Å²) >= 11 is 12.4. The van der Waals surface area contributed by atoms with E-state index < -0.39 is 20.9 Å². The molecule has 8 heteroatoms. The summed E-state index contributed by atoms with van der Waals surface area (Å²) in [5.41, 5.74) is 1.29. The van der Waals surface area contributed by atoms with Crippen LogP contribution in [0.15, 0.2) is 76.6 Å². The maximum Gasteiger partial charge on any atom is 0.178 e. The standard InChI is InChI=1S/C27H28Cl2N2O3S/c1-5-34-24-17-22(35(32,33)6-2)15-16-23(24)25-30-26(3,18-7-11-20(28)12-8-18)27(4,31-25)19-9-13-21(29)14-10-19/h7-17H,5-6H2,1-4H3,(H,30,31). The summed E-state index contributed by atoms with van der Waals surface area (Å²) in [6.07, 6.45) is 0. The molecule has 0 bridgehead atoms. The molecule has 184 valence electrons. The highest BCUT2D eigenvalue weighted by Crippen LogP contribution is 2.48. The third-order valence-corrected chi connectivity index (χ3v) is 8.99. The van der Waals surface area contributed by atoms with Gasteiger partial charge in [-0.1, -0.05) is 54.4 Å². The molecule has 0 aliphatic carbocycles. The average Bonchev–Trinajstić information content (AvgIpc) is 3.12. The van der Waals surface area contributed by atoms with E-state index in [0.717, 1.165) is 11.1 Å². The van der Waals surface area contributed by atoms with Crippen LogP contribution in [0.25, 0.3) is 0 Å². The first-order chi connectivity index (χ1) is 16.5. The first-order valence-corrected chi connectivity index (χ1v) is 13.8. The zero-order chi connectivity index (χ0) is 25.4. The minimum absolute atomic E-state index is 0.0143. The second-order valence-electron chi connectivity index (χ2n) is 8.79. The van der Waals surface area contributed by atoms with E-state index in [2.05, 4.69) is 19.2 Å². The fourth-order valence-corrected chi connectivity index (χ4v) is 5.59. The number of nitrogens with one attached hydrogen (secondary N) is 1. The molecule has 3 aromatic rings. The molecule has 2 atom stereocenters. The summed E-state index contributed by atoms with van der Waals surface area (Å²) in [5, 5.41) is 4.93. The van der Waals surface area contributed by atoms with Gasteiger partial charge in [-0.15, -0.1) is 0 Å². The number of aliphatic imine (C=N–C) groups is 1. The van der Waals surface area contributed by atoms with Crippen LogP contribution < -0.4 is 10.1 Å². The highest BCUT2D eigenvalue weighted by Gasteiger charge is 2.52. The highest BCUT2D eigenvalue weighted by molar-refractivity contribution is 7.91. The molecule has 4 rings (SSSR count). The number of sulfone groups is 1. The fraction of sp³-hybridized carbons (Fsp3) is 0.296. The molecule has 0 fully saturated rings. The quantitative estimate of drug-likeness (QED) is 0.385. The Morgan fingerprint density at radius 3 is 2.00 bits per heavy atom. The van der Waals surface area contributed by atoms with Crippen LogP contribution in [0.2, 0.25) is 10.0 Å². The maximum absolute atomic E-state index is 12.5. The first-order valence-electron chi connectivity index (χ1n) is 11.4. The van der Waals surface area contributed by atoms with Crippen molar-refractivity contribution < 1.29 is 13.2 Å². The second-order valence-corrected chi connectivity index (χ2v) is 11.9. The third kappa shape index (κ3) is 4.55. The van der Waals surface area contributed by atoms with Crippen LogP contribution in [0.3, 0.4) is 0 Å². The molecule has 0 aromatic heterocycles. The van der Waals surface area contributed by atoms with Gasteiger partial charge in [-0.25, -0.2) is 8.42 Å². The van der Waals surface area contributed by atoms with Gasteiger partial charge >= 0.3 is 0 Å². The molecule has 5 nitrogen and oxygen atoms in total. The van der Waals surface area contributed by atoms with Gasteiger partial charge in [0.05, 0.1) is 28.4 Å². The van der Waals surface area contributed by atoms with Crippen molar-refractivity contribution in [1.29, 1.82) is 0 Å². The van der Waals surface area contributed by atoms with Gasteiger partial charge in [0.1, 0.15) is 17.1 Å². The minimum atomic E-state index is -3.38. The molecule has 1 heterocycles. The van der Waals surface area contributed by atoms with Gasteiger partial charge in [0.2, 0.25) is 0 Å². The molecule has 1 aliphatic rings. The lowest BCUT2D eigenvalue weighted by Gasteiger charge is -2.40. The van der Waals surface area contributed by atoms with Crippen molar-refractivity contribution in [2.24, 2.45) is 4.99 Å². The lowest BCUT2D eigenvalue weighted by molar-refractivity contribution is 0.268. The largest absolute Gasteiger partial charge is 0.493 e. The Morgan fingerprint density at radius 2 is 1.46 bits per heavy atom. The van der Waals surface area contributed by atoms with Crippen LogP contribution in [0.5, 0.6) is 5.75 Å². The van der Waals surface area contributed by atoms with Crippen LogP contribution in [0.4, 0.5) is 0 Å². The summed E-state index contributed by atoms with van der Waals surface area (Å²) in [4.78, 5) is 5.43. The zero-order valence-corrected chi connectivity index (χ0v) is 22.4. The molecular weight excluding hydrogens is 503 g/mol. The normalized spacial score (nSPS) is 21.9. The maximum atomic E-state index is 12.5. The zero-order valence-electron chi connectivity index (χ0n) is 20.1. The molecule has 0 radical (unpaired) electrons. The molecule has 0 saturated carbocycles. The van der Waals surface area contributed by atoms with Gasteiger partial charge in [-0.2, -0.15) is 0 Å². The van der Waals surface area contributed by atoms with Gasteiger partial charge in [0.25, 0.3) is 0 Å². The number of halogens is 2. The molecule has 3 aromatic carbocycles. The Morgan fingerprint density at radius 1 is 0.886 bits per heavy atom. The minimum Gasteiger partial charge on any atom is -0.493 e. The molecule has 0 spiro atoms. The van der Waals surface area contributed by atoms with E-state index in [1.54, 1.807) is 25.1 Å². The van der Waals surface area contributed by atoms with Crippen molar-refractivity contribution in [1.82, 2.24) is 5.32 Å². The molecular formula is C27H28Cl2N2O3S. The smallest absolute Gasteiger partial charge is 0.178 e. The Bertz CT molecular complexity index is 1370. The Kier molecular flexibility index (Phi) is 6.93. The van der Waals surface area contributed by atoms with E-state index in [1.807, 2.05) is 55.5 Å². The summed E-state index contributed by atoms with van der Waals surface area (Å²) in [7, 11) is -3.38. The summed E-state index contributed by atoms with van der Waals surface area (Å²) in [6, 6.07) is 20.3. The summed E-state index contributed by atoms with van der Waals surface area (Å²) in [5.74, 6) is 1.09. The molecule has 0 amide bonds. The van der Waals surface area contributed by atoms with Crippen molar-refractivity contribution in [3.63, 3.8) is 0 Å². The number of hydrogen-bond donors (Lipinski definition) is 1. The summed E-state index contributed by atoms with van der Waals surface area (Å²) < 4.78 is 30.9. The van der Waals surface area contributed by atoms with Crippen LogP contribution in [-0.2, 0) is 20.9 Å². The molecule has 1 N–H and O–H groups in total. The number of hydrogen-bond acceptors (Lipinski definition) is 5. The number of benzene rings is 3. The van der Waals surface area contributed by atoms with E-state index in [0.29, 0.717) is 33.8 Å². The number of ether oxygens (including phenoxy) is 1. The van der Waals surface area contributed by atoms with E-state index in [-0.39, 0.29) is 10.6 Å². The highest BCUT2D eigenvalue weighted by atomic mass is 35.5. The van der Waals surface area contributed by atoms with E-state index in [4.69, 9.17) is 32.9 Å². The average molecular weight is 532 g/mol. The fourth-order valence-electron chi connectivity index (χ4n) is 4.45. The van der Waals surface area contributed by atoms with Crippen LogP contribution >= 0.6 is 23.2 Å². The molecule has 2 unspecified atom stereocenters. The van der Waals surface area contributed by atoms with Crippen molar-refractivity contribution >= 4 is 38.9 Å². The van der Waals surface area contributed by atoms with E-state index >= 15 is 0 Å². The van der Waals surface area contributed by atoms with Gasteiger partial charge in [0.15, 0.2) is 9.84 Å². The molecule has 1 aliphatic heterocycles. The predicted octanol–water partition coefficient (Wildman–Crippen LogP) is 6.37. The topological polar surface area (TPSA) is 67.8 Å². The lowest BCUT2D eigenvalue weighted by atomic mass is 9.72. The van der Waals surface area contributed by atoms with Gasteiger partial charge in [0, 0.05) is 10.0 Å². The SMILES string of the molecule is CCOc1cc(S(=O)(=O)CC)ccc1C1=NC(C)(c2ccc(Cl)cc2)C(C)(c2ccc(Cl)cc2)N1. The third-order valence-electron chi connectivity index (χ3n) is 6.75. The van der Waals surface area contributed by atoms with Crippen LogP contribution in [-0.4, -0.2) is 26.6 Å². The van der Waals surface area contributed by atoms with Gasteiger partial charge in [-0.3, -0.25) is 4.99 Å². The van der Waals surface area contributed by atoms with E-state index in [1.165, 1.54) is 0 Å². The van der Waals surface area contributed by atoms with Crippen molar-refractivity contribution in [2.45, 2.75) is 43.7 Å². The second kappa shape index (κ2) is 9.49. The molecule has 35 heavy (non-hydrogen) atoms. The Hall–Kier alpha value is -2.54. The van der Waals surface area contributed by atoms with Crippen molar-refractivity contribution in [3.05, 3.63) is 93.5 Å². The predicted molar refractivity (Wildman–Crippen MR) is 143 cm³/mol. The van der Waals surface area contributed by atoms with Crippen LogP contribution in [0.1, 0.15) is 44.4 Å². The number of rotatable bonds is 7. The summed E-state index contributed by atoms with van der Waals surface area (Å²) in [6.45, 7) is 8.04. The monoisotopic (exact) mass is 530 g/mol. The van der Waals surface area contributed by atoms with Gasteiger partial charge < -0.3 is 10.1 Å². The molecule has 0 saturated heterocycles. The number of nitrogens with zero attached hydrogens (tertiary/aromatic N) is 1. The van der Waals surface area contributed by atoms with Crippen LogP contribution in [0, 0.1) is 0 Å². The number of amidine groups is 1. The first kappa shape index (κ1) is 25.5. The van der Waals surface area contributed by atoms with Crippen molar-refractivity contribution in [3.8, 4) is 5.75 Å². The van der Waals surface area contributed by atoms with Crippen molar-refractivity contribution in [2.75, 3.05) is 12.4 Å². The Balaban J connectivity index is 1.90. The Labute approximate surface area is 217 Å².